The van der Waals surface area contributed by atoms with Gasteiger partial charge in [0.15, 0.2) is 0 Å². The van der Waals surface area contributed by atoms with E-state index in [2.05, 4.69) is 10.0 Å². The Kier molecular flexibility index (Phi) is 3.76. The molecule has 0 aromatic heterocycles. The van der Waals surface area contributed by atoms with Crippen LogP contribution >= 0.6 is 0 Å². The van der Waals surface area contributed by atoms with E-state index in [1.54, 1.807) is 0 Å². The Morgan fingerprint density at radius 1 is 1.44 bits per heavy atom. The molecule has 0 aromatic carbocycles. The lowest BCUT2D eigenvalue weighted by Gasteiger charge is -2.00. The van der Waals surface area contributed by atoms with Crippen LogP contribution < -0.4 is 10.0 Å². The van der Waals surface area contributed by atoms with Crippen LogP contribution in [0, 0.1) is 0 Å². The average molecular weight is 152 g/mol. The van der Waals surface area contributed by atoms with Gasteiger partial charge in [0, 0.05) is 0 Å². The van der Waals surface area contributed by atoms with Gasteiger partial charge >= 0.3 is 0 Å². The summed E-state index contributed by atoms with van der Waals surface area (Å²) in [5.74, 6) is 0. The average Bonchev–Trinajstić information content (AvgIpc) is 1.63. The Morgan fingerprint density at radius 2 is 2.00 bits per heavy atom. The number of nitrogens with one attached hydrogen (secondary N) is 2. The van der Waals surface area contributed by atoms with Crippen molar-refractivity contribution in [3.8, 4) is 0 Å². The van der Waals surface area contributed by atoms with Gasteiger partial charge in [0.2, 0.25) is 10.0 Å². The van der Waals surface area contributed by atoms with Crippen molar-refractivity contribution in [1.29, 1.82) is 0 Å². The summed E-state index contributed by atoms with van der Waals surface area (Å²) in [6, 6.07) is 0. The smallest absolute Gasteiger partial charge is 0.209 e. The van der Waals surface area contributed by atoms with E-state index in [0.717, 1.165) is 12.8 Å². The molecule has 0 fully saturated rings. The largest absolute Gasteiger partial charge is 0.304 e. The molecule has 0 spiro atoms. The molecule has 56 valence electrons. The van der Waals surface area contributed by atoms with Crippen LogP contribution in [0.15, 0.2) is 0 Å². The van der Waals surface area contributed by atoms with Gasteiger partial charge in [-0.15, -0.1) is 0 Å². The lowest BCUT2D eigenvalue weighted by Crippen LogP contribution is -2.32. The normalized spacial score (nSPS) is 11.8. The number of sulfonamides is 1. The molecular formula is C4H12N2O2S. The molecule has 2 N–H and O–H groups in total. The number of hydrogen-bond donors (Lipinski definition) is 2. The quantitative estimate of drug-likeness (QED) is 0.405. The highest BCUT2D eigenvalue weighted by Gasteiger charge is 1.95. The molecule has 0 bridgehead atoms. The van der Waals surface area contributed by atoms with Crippen LogP contribution in [-0.2, 0) is 10.0 Å². The molecule has 0 atom stereocenters. The third kappa shape index (κ3) is 7.87. The van der Waals surface area contributed by atoms with Crippen LogP contribution in [0.5, 0.6) is 0 Å². The third-order valence-electron chi connectivity index (χ3n) is 0.709. The van der Waals surface area contributed by atoms with E-state index in [1.165, 1.54) is 0 Å². The zero-order chi connectivity index (χ0) is 7.33. The lowest BCUT2D eigenvalue weighted by molar-refractivity contribution is 0.578. The van der Waals surface area contributed by atoms with Crippen molar-refractivity contribution in [3.63, 3.8) is 0 Å². The van der Waals surface area contributed by atoms with Crippen molar-refractivity contribution < 1.29 is 8.42 Å². The maximum atomic E-state index is 10.4. The summed E-state index contributed by atoms with van der Waals surface area (Å²) in [5, 5.41) is 2.81. The minimum Gasteiger partial charge on any atom is -0.304 e. The van der Waals surface area contributed by atoms with Crippen LogP contribution in [0.3, 0.4) is 0 Å². The molecule has 4 nitrogen and oxygen atoms in total. The first-order valence-corrected chi connectivity index (χ1v) is 4.60. The van der Waals surface area contributed by atoms with Crippen molar-refractivity contribution in [2.45, 2.75) is 6.92 Å². The first-order chi connectivity index (χ1) is 4.06. The molecule has 0 unspecified atom stereocenters. The Balaban J connectivity index is 3.30. The Labute approximate surface area is 55.7 Å². The van der Waals surface area contributed by atoms with Crippen molar-refractivity contribution in [3.05, 3.63) is 0 Å². The molecule has 0 rings (SSSR count). The van der Waals surface area contributed by atoms with Crippen LogP contribution in [-0.4, -0.2) is 27.9 Å². The summed E-state index contributed by atoms with van der Waals surface area (Å²) in [7, 11) is -3.01. The molecule has 0 aliphatic carbocycles. The molecule has 0 aliphatic rings. The fourth-order valence-corrected chi connectivity index (χ4v) is 0.671. The Hall–Kier alpha value is -0.130. The highest BCUT2D eigenvalue weighted by atomic mass is 32.2. The van der Waals surface area contributed by atoms with Crippen LogP contribution in [0.25, 0.3) is 0 Å². The minimum atomic E-state index is -3.01. The molecule has 0 heterocycles. The van der Waals surface area contributed by atoms with Gasteiger partial charge < -0.3 is 5.32 Å². The van der Waals surface area contributed by atoms with E-state index in [-0.39, 0.29) is 0 Å². The fraction of sp³-hybridized carbons (Fsp3) is 1.00. The second-order valence-corrected chi connectivity index (χ2v) is 3.53. The Morgan fingerprint density at radius 3 is 2.33 bits per heavy atom. The van der Waals surface area contributed by atoms with Gasteiger partial charge in [-0.1, -0.05) is 6.92 Å². The molecule has 9 heavy (non-hydrogen) atoms. The number of rotatable bonds is 4. The van der Waals surface area contributed by atoms with Crippen LogP contribution in [0.1, 0.15) is 6.92 Å². The summed E-state index contributed by atoms with van der Waals surface area (Å²) in [6.07, 6.45) is 1.13. The number of hydrogen-bond acceptors (Lipinski definition) is 3. The van der Waals surface area contributed by atoms with E-state index in [9.17, 15) is 8.42 Å². The van der Waals surface area contributed by atoms with Gasteiger partial charge in [0.25, 0.3) is 0 Å². The first kappa shape index (κ1) is 8.87. The van der Waals surface area contributed by atoms with E-state index >= 15 is 0 Å². The maximum Gasteiger partial charge on any atom is 0.209 e. The zero-order valence-electron chi connectivity index (χ0n) is 5.64. The minimum absolute atomic E-state index is 0.315. The lowest BCUT2D eigenvalue weighted by atomic mass is 10.8. The van der Waals surface area contributed by atoms with E-state index in [1.807, 2.05) is 6.92 Å². The predicted octanol–water partition coefficient (Wildman–Crippen LogP) is -0.897. The molecule has 0 aromatic rings. The van der Waals surface area contributed by atoms with Gasteiger partial charge in [-0.25, -0.2) is 13.1 Å². The van der Waals surface area contributed by atoms with Crippen LogP contribution in [0.4, 0.5) is 0 Å². The summed E-state index contributed by atoms with van der Waals surface area (Å²) in [5.41, 5.74) is 0. The summed E-state index contributed by atoms with van der Waals surface area (Å²) in [4.78, 5) is 0. The molecule has 0 aliphatic heterocycles. The van der Waals surface area contributed by atoms with E-state index in [0.29, 0.717) is 6.67 Å². The SMILES string of the molecule is CCNCNS(C)(=O)=O. The van der Waals surface area contributed by atoms with E-state index < -0.39 is 10.0 Å². The third-order valence-corrected chi connectivity index (χ3v) is 1.38. The van der Waals surface area contributed by atoms with Crippen molar-refractivity contribution in [2.75, 3.05) is 19.5 Å². The highest BCUT2D eigenvalue weighted by molar-refractivity contribution is 7.88. The van der Waals surface area contributed by atoms with E-state index in [4.69, 9.17) is 0 Å². The molecule has 5 heteroatoms. The molecule has 0 amide bonds. The van der Waals surface area contributed by atoms with Crippen molar-refractivity contribution in [1.82, 2.24) is 10.0 Å². The van der Waals surface area contributed by atoms with Crippen molar-refractivity contribution in [2.24, 2.45) is 0 Å². The van der Waals surface area contributed by atoms with Crippen molar-refractivity contribution >= 4 is 10.0 Å². The Bertz CT molecular complexity index is 152. The molecular weight excluding hydrogens is 140 g/mol. The standard InChI is InChI=1S/C4H12N2O2S/c1-3-5-4-6-9(2,7)8/h5-6H,3-4H2,1-2H3. The van der Waals surface area contributed by atoms with Gasteiger partial charge in [0.1, 0.15) is 0 Å². The summed E-state index contributed by atoms with van der Waals surface area (Å²) in [6.45, 7) is 2.99. The fourth-order valence-electron chi connectivity index (χ4n) is 0.307. The predicted molar refractivity (Wildman–Crippen MR) is 36.5 cm³/mol. The van der Waals surface area contributed by atoms with Gasteiger partial charge in [-0.05, 0) is 6.54 Å². The second kappa shape index (κ2) is 3.81. The topological polar surface area (TPSA) is 58.2 Å². The zero-order valence-corrected chi connectivity index (χ0v) is 6.46. The maximum absolute atomic E-state index is 10.4. The first-order valence-electron chi connectivity index (χ1n) is 2.71. The van der Waals surface area contributed by atoms with Gasteiger partial charge in [-0.2, -0.15) is 0 Å². The second-order valence-electron chi connectivity index (χ2n) is 1.70. The van der Waals surface area contributed by atoms with Gasteiger partial charge in [0.05, 0.1) is 12.9 Å². The summed E-state index contributed by atoms with van der Waals surface area (Å²) >= 11 is 0. The molecule has 0 radical (unpaired) electrons. The monoisotopic (exact) mass is 152 g/mol. The molecule has 0 saturated heterocycles. The van der Waals surface area contributed by atoms with Gasteiger partial charge in [-0.3, -0.25) is 0 Å². The summed E-state index contributed by atoms with van der Waals surface area (Å²) < 4.78 is 23.0. The highest BCUT2D eigenvalue weighted by Crippen LogP contribution is 1.67. The van der Waals surface area contributed by atoms with Crippen LogP contribution in [0.2, 0.25) is 0 Å². The molecule has 0 saturated carbocycles.